The van der Waals surface area contributed by atoms with E-state index >= 15 is 0 Å². The Bertz CT molecular complexity index is 721. The molecule has 0 spiro atoms. The van der Waals surface area contributed by atoms with Gasteiger partial charge in [0, 0.05) is 0 Å². The van der Waals surface area contributed by atoms with Crippen molar-refractivity contribution in [3.8, 4) is 0 Å². The van der Waals surface area contributed by atoms with E-state index in [1.54, 1.807) is 30.3 Å². The van der Waals surface area contributed by atoms with Gasteiger partial charge >= 0.3 is 5.97 Å². The van der Waals surface area contributed by atoms with Crippen LogP contribution in [0.1, 0.15) is 18.4 Å². The summed E-state index contributed by atoms with van der Waals surface area (Å²) in [6.45, 7) is 1.47. The molecule has 0 fully saturated rings. The molecule has 0 aliphatic heterocycles. The van der Waals surface area contributed by atoms with Crippen molar-refractivity contribution in [2.75, 3.05) is 0 Å². The lowest BCUT2D eigenvalue weighted by atomic mass is 10.0. The normalized spacial score (nSPS) is 12.8. The van der Waals surface area contributed by atoms with Crippen molar-refractivity contribution in [1.82, 2.24) is 0 Å². The van der Waals surface area contributed by atoms with Gasteiger partial charge < -0.3 is 5.11 Å². The van der Waals surface area contributed by atoms with Crippen LogP contribution in [-0.2, 0) is 14.6 Å². The molecule has 1 N–H and O–H groups in total. The second-order valence-electron chi connectivity index (χ2n) is 4.41. The molecular weight excluding hydrogens is 276 g/mol. The van der Waals surface area contributed by atoms with Gasteiger partial charge in [0.2, 0.25) is 9.84 Å². The summed E-state index contributed by atoms with van der Waals surface area (Å²) in [6, 6.07) is 14.2. The minimum absolute atomic E-state index is 0.0427. The number of carbonyl (C=O) groups is 1. The molecule has 104 valence electrons. The zero-order valence-electron chi connectivity index (χ0n) is 10.9. The fourth-order valence-corrected chi connectivity index (χ4v) is 3.52. The third-order valence-corrected chi connectivity index (χ3v) is 4.94. The highest BCUT2D eigenvalue weighted by atomic mass is 32.2. The molecule has 0 bridgehead atoms. The van der Waals surface area contributed by atoms with Gasteiger partial charge in [0.25, 0.3) is 0 Å². The molecule has 0 aliphatic carbocycles. The van der Waals surface area contributed by atoms with Crippen LogP contribution >= 0.6 is 0 Å². The van der Waals surface area contributed by atoms with Crippen molar-refractivity contribution < 1.29 is 18.3 Å². The van der Waals surface area contributed by atoms with Gasteiger partial charge in [-0.15, -0.1) is 0 Å². The van der Waals surface area contributed by atoms with E-state index in [1.807, 2.05) is 0 Å². The molecule has 20 heavy (non-hydrogen) atoms. The molecule has 2 rings (SSSR count). The Morgan fingerprint density at radius 1 is 1.00 bits per heavy atom. The molecule has 4 nitrogen and oxygen atoms in total. The Balaban J connectivity index is 2.62. The van der Waals surface area contributed by atoms with Gasteiger partial charge in [0.1, 0.15) is 0 Å². The van der Waals surface area contributed by atoms with Crippen LogP contribution in [0.4, 0.5) is 0 Å². The zero-order chi connectivity index (χ0) is 14.8. The third kappa shape index (κ3) is 2.58. The third-order valence-electron chi connectivity index (χ3n) is 3.10. The van der Waals surface area contributed by atoms with Gasteiger partial charge in [0.05, 0.1) is 15.7 Å². The van der Waals surface area contributed by atoms with E-state index in [9.17, 15) is 13.2 Å². The lowest BCUT2D eigenvalue weighted by molar-refractivity contribution is -0.138. The Kier molecular flexibility index (Phi) is 3.90. The maximum atomic E-state index is 12.6. The first kappa shape index (κ1) is 14.3. The van der Waals surface area contributed by atoms with Crippen LogP contribution < -0.4 is 0 Å². The highest BCUT2D eigenvalue weighted by molar-refractivity contribution is 7.91. The summed E-state index contributed by atoms with van der Waals surface area (Å²) in [6.07, 6.45) is 0. The van der Waals surface area contributed by atoms with E-state index < -0.39 is 21.7 Å². The first-order valence-corrected chi connectivity index (χ1v) is 7.55. The van der Waals surface area contributed by atoms with Crippen LogP contribution in [0.3, 0.4) is 0 Å². The van der Waals surface area contributed by atoms with Crippen molar-refractivity contribution in [3.05, 3.63) is 60.2 Å². The zero-order valence-corrected chi connectivity index (χ0v) is 11.7. The molecule has 0 amide bonds. The van der Waals surface area contributed by atoms with Gasteiger partial charge in [-0.3, -0.25) is 4.79 Å². The number of hydrogen-bond acceptors (Lipinski definition) is 3. The Hall–Kier alpha value is -2.14. The number of rotatable bonds is 4. The smallest absolute Gasteiger partial charge is 0.310 e. The quantitative estimate of drug-likeness (QED) is 0.939. The summed E-state index contributed by atoms with van der Waals surface area (Å²) in [5, 5.41) is 9.10. The van der Waals surface area contributed by atoms with E-state index in [0.29, 0.717) is 5.56 Å². The fraction of sp³-hybridized carbons (Fsp3) is 0.133. The number of carboxylic acids is 1. The predicted molar refractivity (Wildman–Crippen MR) is 74.4 cm³/mol. The van der Waals surface area contributed by atoms with E-state index in [-0.39, 0.29) is 9.79 Å². The van der Waals surface area contributed by atoms with Crippen molar-refractivity contribution >= 4 is 15.8 Å². The minimum atomic E-state index is -3.71. The number of carboxylic acid groups (broad SMARTS) is 1. The Morgan fingerprint density at radius 3 is 2.15 bits per heavy atom. The molecule has 5 heteroatoms. The van der Waals surface area contributed by atoms with Gasteiger partial charge in [-0.1, -0.05) is 36.4 Å². The Labute approximate surface area is 117 Å². The molecule has 0 saturated heterocycles. The number of hydrogen-bond donors (Lipinski definition) is 1. The van der Waals surface area contributed by atoms with E-state index in [0.717, 1.165) is 0 Å². The van der Waals surface area contributed by atoms with Gasteiger partial charge in [-0.05, 0) is 30.7 Å². The molecule has 1 unspecified atom stereocenters. The average Bonchev–Trinajstić information content (AvgIpc) is 2.47. The summed E-state index contributed by atoms with van der Waals surface area (Å²) >= 11 is 0. The van der Waals surface area contributed by atoms with E-state index in [4.69, 9.17) is 5.11 Å². The second kappa shape index (κ2) is 5.46. The minimum Gasteiger partial charge on any atom is -0.481 e. The van der Waals surface area contributed by atoms with Crippen LogP contribution in [0.25, 0.3) is 0 Å². The molecule has 0 aliphatic rings. The number of aliphatic carboxylic acids is 1. The molecular formula is C15H14O4S. The first-order valence-electron chi connectivity index (χ1n) is 6.06. The molecule has 0 aromatic heterocycles. The molecule has 0 radical (unpaired) electrons. The highest BCUT2D eigenvalue weighted by Gasteiger charge is 2.25. The van der Waals surface area contributed by atoms with Gasteiger partial charge in [-0.2, -0.15) is 0 Å². The summed E-state index contributed by atoms with van der Waals surface area (Å²) < 4.78 is 25.2. The van der Waals surface area contributed by atoms with Crippen molar-refractivity contribution in [1.29, 1.82) is 0 Å². The lowest BCUT2D eigenvalue weighted by Crippen LogP contribution is -2.13. The second-order valence-corrected chi connectivity index (χ2v) is 6.33. The topological polar surface area (TPSA) is 71.4 Å². The SMILES string of the molecule is CC(C(=O)O)c1ccccc1S(=O)(=O)c1ccccc1. The Morgan fingerprint density at radius 2 is 1.55 bits per heavy atom. The lowest BCUT2D eigenvalue weighted by Gasteiger charge is -2.13. The van der Waals surface area contributed by atoms with Crippen LogP contribution in [0.15, 0.2) is 64.4 Å². The van der Waals surface area contributed by atoms with E-state index in [1.165, 1.54) is 31.2 Å². The van der Waals surface area contributed by atoms with Crippen LogP contribution in [0.5, 0.6) is 0 Å². The summed E-state index contributed by atoms with van der Waals surface area (Å²) in [4.78, 5) is 11.3. The van der Waals surface area contributed by atoms with Gasteiger partial charge in [0.15, 0.2) is 0 Å². The number of sulfone groups is 1. The largest absolute Gasteiger partial charge is 0.481 e. The number of benzene rings is 2. The molecule has 0 heterocycles. The van der Waals surface area contributed by atoms with Crippen LogP contribution in [-0.4, -0.2) is 19.5 Å². The average molecular weight is 290 g/mol. The summed E-state index contributed by atoms with van der Waals surface area (Å²) in [5.74, 6) is -1.94. The summed E-state index contributed by atoms with van der Waals surface area (Å²) in [5.41, 5.74) is 0.295. The van der Waals surface area contributed by atoms with Crippen molar-refractivity contribution in [2.45, 2.75) is 22.6 Å². The predicted octanol–water partition coefficient (Wildman–Crippen LogP) is 2.71. The van der Waals surface area contributed by atoms with E-state index in [2.05, 4.69) is 0 Å². The molecule has 2 aromatic carbocycles. The van der Waals surface area contributed by atoms with Crippen molar-refractivity contribution in [3.63, 3.8) is 0 Å². The molecule has 0 saturated carbocycles. The first-order chi connectivity index (χ1) is 9.44. The monoisotopic (exact) mass is 290 g/mol. The standard InChI is InChI=1S/C15H14O4S/c1-11(15(16)17)13-9-5-6-10-14(13)20(18,19)12-7-3-2-4-8-12/h2-11H,1H3,(H,16,17). The van der Waals surface area contributed by atoms with Gasteiger partial charge in [-0.25, -0.2) is 8.42 Å². The maximum absolute atomic E-state index is 12.6. The fourth-order valence-electron chi connectivity index (χ4n) is 1.94. The van der Waals surface area contributed by atoms with Crippen LogP contribution in [0, 0.1) is 0 Å². The highest BCUT2D eigenvalue weighted by Crippen LogP contribution is 2.28. The molecule has 2 aromatic rings. The van der Waals surface area contributed by atoms with Crippen molar-refractivity contribution in [2.24, 2.45) is 0 Å². The summed E-state index contributed by atoms with van der Waals surface area (Å²) in [7, 11) is -3.71. The van der Waals surface area contributed by atoms with Crippen LogP contribution in [0.2, 0.25) is 0 Å². The molecule has 1 atom stereocenters. The maximum Gasteiger partial charge on any atom is 0.310 e.